The van der Waals surface area contributed by atoms with Crippen LogP contribution in [0.2, 0.25) is 0 Å². The number of hydrogen-bond donors (Lipinski definition) is 1. The van der Waals surface area contributed by atoms with Crippen LogP contribution in [0.4, 0.5) is 0 Å². The summed E-state index contributed by atoms with van der Waals surface area (Å²) >= 11 is 1.82. The van der Waals surface area contributed by atoms with Gasteiger partial charge in [0.1, 0.15) is 0 Å². The van der Waals surface area contributed by atoms with Gasteiger partial charge in [-0.05, 0) is 50.5 Å². The molecule has 0 aliphatic heterocycles. The Morgan fingerprint density at radius 3 is 2.72 bits per heavy atom. The van der Waals surface area contributed by atoms with Gasteiger partial charge in [0.25, 0.3) is 0 Å². The summed E-state index contributed by atoms with van der Waals surface area (Å²) in [4.78, 5) is 5.84. The molecule has 0 saturated heterocycles. The first-order valence-corrected chi connectivity index (χ1v) is 8.09. The second-order valence-electron chi connectivity index (χ2n) is 6.24. The lowest BCUT2D eigenvalue weighted by atomic mass is 9.66. The van der Waals surface area contributed by atoms with E-state index < -0.39 is 0 Å². The highest BCUT2D eigenvalue weighted by Gasteiger charge is 2.36. The van der Waals surface area contributed by atoms with Crippen LogP contribution in [0.15, 0.2) is 5.51 Å². The summed E-state index contributed by atoms with van der Waals surface area (Å²) in [5, 5.41) is 3.66. The first-order chi connectivity index (χ1) is 8.61. The summed E-state index contributed by atoms with van der Waals surface area (Å²) < 4.78 is 0. The Kier molecular flexibility index (Phi) is 4.79. The van der Waals surface area contributed by atoms with Gasteiger partial charge in [0.2, 0.25) is 0 Å². The van der Waals surface area contributed by atoms with Crippen molar-refractivity contribution < 1.29 is 0 Å². The van der Waals surface area contributed by atoms with Crippen molar-refractivity contribution in [1.29, 1.82) is 0 Å². The average molecular weight is 266 g/mol. The molecule has 18 heavy (non-hydrogen) atoms. The maximum atomic E-state index is 4.35. The zero-order valence-electron chi connectivity index (χ0n) is 12.0. The molecule has 0 amide bonds. The zero-order chi connectivity index (χ0) is 13.0. The van der Waals surface area contributed by atoms with Crippen LogP contribution in [-0.2, 0) is 6.42 Å². The van der Waals surface area contributed by atoms with Gasteiger partial charge in [-0.25, -0.2) is 4.98 Å². The second kappa shape index (κ2) is 6.16. The number of hydrogen-bond acceptors (Lipinski definition) is 3. The molecule has 0 unspecified atom stereocenters. The highest BCUT2D eigenvalue weighted by Crippen LogP contribution is 2.44. The maximum absolute atomic E-state index is 4.35. The van der Waals surface area contributed by atoms with Crippen LogP contribution in [0.3, 0.4) is 0 Å². The summed E-state index contributed by atoms with van der Waals surface area (Å²) in [5.74, 6) is 0.755. The van der Waals surface area contributed by atoms with Gasteiger partial charge in [-0.3, -0.25) is 0 Å². The molecule has 1 saturated carbocycles. The normalized spacial score (nSPS) is 18.0. The summed E-state index contributed by atoms with van der Waals surface area (Å²) in [6.45, 7) is 9.06. The van der Waals surface area contributed by atoms with Crippen molar-refractivity contribution in [1.82, 2.24) is 10.3 Å². The molecule has 1 aliphatic carbocycles. The topological polar surface area (TPSA) is 24.9 Å². The minimum atomic E-state index is 0.589. The van der Waals surface area contributed by atoms with E-state index in [1.165, 1.54) is 49.2 Å². The van der Waals surface area contributed by atoms with Crippen molar-refractivity contribution in [3.05, 3.63) is 16.1 Å². The van der Waals surface area contributed by atoms with Crippen LogP contribution >= 0.6 is 11.3 Å². The second-order valence-corrected chi connectivity index (χ2v) is 7.18. The first kappa shape index (κ1) is 14.0. The van der Waals surface area contributed by atoms with Gasteiger partial charge in [0.05, 0.1) is 11.2 Å². The zero-order valence-corrected chi connectivity index (χ0v) is 12.8. The lowest BCUT2D eigenvalue weighted by molar-refractivity contribution is 0.116. The van der Waals surface area contributed by atoms with E-state index in [1.807, 2.05) is 16.8 Å². The number of aryl methyl sites for hydroxylation is 2. The molecule has 0 spiro atoms. The van der Waals surface area contributed by atoms with Crippen molar-refractivity contribution in [3.63, 3.8) is 0 Å². The van der Waals surface area contributed by atoms with Crippen molar-refractivity contribution in [2.75, 3.05) is 13.1 Å². The summed E-state index contributed by atoms with van der Waals surface area (Å²) in [5.41, 5.74) is 3.81. The molecule has 3 heteroatoms. The van der Waals surface area contributed by atoms with Gasteiger partial charge in [0, 0.05) is 11.4 Å². The Morgan fingerprint density at radius 1 is 1.44 bits per heavy atom. The number of nitrogens with zero attached hydrogens (tertiary/aromatic N) is 1. The highest BCUT2D eigenvalue weighted by atomic mass is 32.1. The lowest BCUT2D eigenvalue weighted by Gasteiger charge is -2.42. The molecule has 1 aliphatic rings. The van der Waals surface area contributed by atoms with Gasteiger partial charge in [-0.15, -0.1) is 11.3 Å². The molecule has 0 atom stereocenters. The Hall–Kier alpha value is -0.410. The van der Waals surface area contributed by atoms with Crippen molar-refractivity contribution >= 4 is 11.3 Å². The van der Waals surface area contributed by atoms with Crippen molar-refractivity contribution in [2.45, 2.75) is 52.9 Å². The van der Waals surface area contributed by atoms with Crippen LogP contribution in [0, 0.1) is 18.3 Å². The molecule has 1 aromatic rings. The van der Waals surface area contributed by atoms with E-state index in [9.17, 15) is 0 Å². The van der Waals surface area contributed by atoms with E-state index in [1.54, 1.807) is 0 Å². The SMILES string of the molecule is Cc1ncsc1CCC1(CNCC(C)C)CCC1. The molecule has 2 nitrogen and oxygen atoms in total. The van der Waals surface area contributed by atoms with E-state index >= 15 is 0 Å². The average Bonchev–Trinajstić information content (AvgIpc) is 2.66. The third kappa shape index (κ3) is 3.55. The molecule has 2 rings (SSSR count). The molecule has 0 aromatic carbocycles. The molecule has 1 heterocycles. The fourth-order valence-electron chi connectivity index (χ4n) is 2.76. The molecular formula is C15H26N2S. The smallest absolute Gasteiger partial charge is 0.0797 e. The van der Waals surface area contributed by atoms with E-state index in [0.717, 1.165) is 12.5 Å². The first-order valence-electron chi connectivity index (χ1n) is 7.21. The quantitative estimate of drug-likeness (QED) is 0.812. The number of rotatable bonds is 7. The molecule has 1 N–H and O–H groups in total. The molecule has 1 fully saturated rings. The molecular weight excluding hydrogens is 240 g/mol. The Bertz CT molecular complexity index is 366. The van der Waals surface area contributed by atoms with Crippen LogP contribution in [0.1, 0.15) is 50.1 Å². The third-order valence-corrected chi connectivity index (χ3v) is 5.19. The molecule has 0 bridgehead atoms. The van der Waals surface area contributed by atoms with E-state index in [-0.39, 0.29) is 0 Å². The summed E-state index contributed by atoms with van der Waals surface area (Å²) in [7, 11) is 0. The van der Waals surface area contributed by atoms with Crippen LogP contribution in [-0.4, -0.2) is 18.1 Å². The fraction of sp³-hybridized carbons (Fsp3) is 0.800. The maximum Gasteiger partial charge on any atom is 0.0797 e. The molecule has 1 aromatic heterocycles. The molecule has 0 radical (unpaired) electrons. The monoisotopic (exact) mass is 266 g/mol. The number of thiazole rings is 1. The Labute approximate surface area is 115 Å². The predicted molar refractivity (Wildman–Crippen MR) is 79.2 cm³/mol. The largest absolute Gasteiger partial charge is 0.316 e. The Morgan fingerprint density at radius 2 is 2.22 bits per heavy atom. The summed E-state index contributed by atoms with van der Waals surface area (Å²) in [6, 6.07) is 0. The fourth-order valence-corrected chi connectivity index (χ4v) is 3.54. The summed E-state index contributed by atoms with van der Waals surface area (Å²) in [6.07, 6.45) is 6.80. The minimum Gasteiger partial charge on any atom is -0.316 e. The van der Waals surface area contributed by atoms with E-state index in [0.29, 0.717) is 5.41 Å². The highest BCUT2D eigenvalue weighted by molar-refractivity contribution is 7.09. The predicted octanol–water partition coefficient (Wildman–Crippen LogP) is 3.80. The van der Waals surface area contributed by atoms with Gasteiger partial charge in [0.15, 0.2) is 0 Å². The van der Waals surface area contributed by atoms with Crippen molar-refractivity contribution in [3.8, 4) is 0 Å². The Balaban J connectivity index is 1.79. The number of nitrogens with one attached hydrogen (secondary N) is 1. The minimum absolute atomic E-state index is 0.589. The lowest BCUT2D eigenvalue weighted by Crippen LogP contribution is -2.41. The standard InChI is InChI=1S/C15H26N2S/c1-12(2)9-16-10-15(6-4-7-15)8-5-14-13(3)17-11-18-14/h11-12,16H,4-10H2,1-3H3. The molecule has 102 valence electrons. The number of aromatic nitrogens is 1. The van der Waals surface area contributed by atoms with Gasteiger partial charge < -0.3 is 5.32 Å². The van der Waals surface area contributed by atoms with Crippen LogP contribution in [0.5, 0.6) is 0 Å². The van der Waals surface area contributed by atoms with Crippen LogP contribution in [0.25, 0.3) is 0 Å². The van der Waals surface area contributed by atoms with Gasteiger partial charge in [-0.1, -0.05) is 20.3 Å². The van der Waals surface area contributed by atoms with E-state index in [4.69, 9.17) is 0 Å². The van der Waals surface area contributed by atoms with E-state index in [2.05, 4.69) is 31.1 Å². The van der Waals surface area contributed by atoms with Gasteiger partial charge >= 0.3 is 0 Å². The third-order valence-electron chi connectivity index (χ3n) is 4.19. The van der Waals surface area contributed by atoms with Crippen LogP contribution < -0.4 is 5.32 Å². The van der Waals surface area contributed by atoms with Gasteiger partial charge in [-0.2, -0.15) is 0 Å². The van der Waals surface area contributed by atoms with Crippen molar-refractivity contribution in [2.24, 2.45) is 11.3 Å².